The topological polar surface area (TPSA) is 138 Å². The van der Waals surface area contributed by atoms with E-state index < -0.39 is 59.7 Å². The average molecular weight is 606 g/mol. The monoisotopic (exact) mass is 605 g/mol. The summed E-state index contributed by atoms with van der Waals surface area (Å²) in [5.74, 6) is -1.79. The van der Waals surface area contributed by atoms with Crippen LogP contribution >= 0.6 is 0 Å². The quantitative estimate of drug-likeness (QED) is 0.236. The van der Waals surface area contributed by atoms with E-state index in [0.717, 1.165) is 19.1 Å². The van der Waals surface area contributed by atoms with Crippen molar-refractivity contribution in [2.24, 2.45) is 4.99 Å². The molecule has 0 bridgehead atoms. The van der Waals surface area contributed by atoms with Crippen LogP contribution in [0.3, 0.4) is 0 Å². The number of aldehydes is 1. The van der Waals surface area contributed by atoms with Crippen LogP contribution < -0.4 is 16.0 Å². The van der Waals surface area contributed by atoms with Crippen LogP contribution in [-0.2, 0) is 42.3 Å². The number of rotatable bonds is 8. The minimum Gasteiger partial charge on any atom is -0.467 e. The van der Waals surface area contributed by atoms with Crippen LogP contribution in [-0.4, -0.2) is 72.7 Å². The van der Waals surface area contributed by atoms with Gasteiger partial charge in [-0.15, -0.1) is 0 Å². The number of aliphatic imine (C=N–C) groups is 1. The molecule has 228 valence electrons. The standard InChI is InChI=1S/C28H27F4N5O6/c1-26(28(30,31)32,12-15-3-5-17(29)6-4-15)36-21(14-38)37-23(40)27(43-25(37)41)10-9-16-11-18(7-8-19(16)27)34-24-33-13-20(35-24)22(39)42-2/h3-8,11,14,20-21,36H,9-10,12-13H2,1-2H3,(H2,33,34,35)/t20?,21?,26-,27+/m0/s1. The summed E-state index contributed by atoms with van der Waals surface area (Å²) < 4.78 is 66.4. The fourth-order valence-electron chi connectivity index (χ4n) is 5.46. The number of hydrogen-bond acceptors (Lipinski definition) is 10. The number of fused-ring (bicyclic) bond motifs is 2. The summed E-state index contributed by atoms with van der Waals surface area (Å²) in [7, 11) is 1.26. The minimum absolute atomic E-state index is 0.00810. The molecule has 0 radical (unpaired) electrons. The van der Waals surface area contributed by atoms with Crippen LogP contribution in [0.5, 0.6) is 0 Å². The molecule has 3 N–H and O–H groups in total. The van der Waals surface area contributed by atoms with Crippen molar-refractivity contribution in [3.63, 3.8) is 0 Å². The van der Waals surface area contributed by atoms with Gasteiger partial charge in [-0.2, -0.15) is 13.2 Å². The lowest BCUT2D eigenvalue weighted by molar-refractivity contribution is -0.196. The van der Waals surface area contributed by atoms with Gasteiger partial charge in [0.25, 0.3) is 5.91 Å². The van der Waals surface area contributed by atoms with Gasteiger partial charge in [0.05, 0.1) is 13.7 Å². The summed E-state index contributed by atoms with van der Waals surface area (Å²) in [6, 6.07) is 8.48. The lowest BCUT2D eigenvalue weighted by Crippen LogP contribution is -2.64. The van der Waals surface area contributed by atoms with E-state index in [-0.39, 0.29) is 31.2 Å². The first-order chi connectivity index (χ1) is 20.3. The largest absolute Gasteiger partial charge is 0.467 e. The highest BCUT2D eigenvalue weighted by Gasteiger charge is 2.61. The Bertz CT molecular complexity index is 1500. The summed E-state index contributed by atoms with van der Waals surface area (Å²) in [6.07, 6.45) is -8.61. The molecule has 2 aromatic rings. The van der Waals surface area contributed by atoms with Gasteiger partial charge in [0.1, 0.15) is 11.4 Å². The van der Waals surface area contributed by atoms with Crippen molar-refractivity contribution < 1.29 is 46.2 Å². The Morgan fingerprint density at radius 2 is 1.98 bits per heavy atom. The average Bonchev–Trinajstić information content (AvgIpc) is 3.64. The van der Waals surface area contributed by atoms with Crippen LogP contribution in [0.2, 0.25) is 0 Å². The second-order valence-corrected chi connectivity index (χ2v) is 10.6. The van der Waals surface area contributed by atoms with E-state index in [1.807, 2.05) is 0 Å². The number of imide groups is 1. The number of anilines is 1. The fourth-order valence-corrected chi connectivity index (χ4v) is 5.46. The van der Waals surface area contributed by atoms with Crippen molar-refractivity contribution in [3.8, 4) is 0 Å². The van der Waals surface area contributed by atoms with Gasteiger partial charge in [0.2, 0.25) is 5.60 Å². The predicted molar refractivity (Wildman–Crippen MR) is 142 cm³/mol. The summed E-state index contributed by atoms with van der Waals surface area (Å²) in [6.45, 7) is 1.03. The molecule has 1 aliphatic carbocycles. The lowest BCUT2D eigenvalue weighted by atomic mass is 9.91. The number of alkyl halides is 3. The lowest BCUT2D eigenvalue weighted by Gasteiger charge is -2.37. The van der Waals surface area contributed by atoms with Crippen LogP contribution in [0.1, 0.15) is 30.0 Å². The van der Waals surface area contributed by atoms with Gasteiger partial charge in [-0.3, -0.25) is 14.9 Å². The van der Waals surface area contributed by atoms with Crippen molar-refractivity contribution in [3.05, 3.63) is 65.0 Å². The molecule has 0 saturated carbocycles. The van der Waals surface area contributed by atoms with Gasteiger partial charge in [-0.1, -0.05) is 18.2 Å². The number of amides is 2. The number of benzene rings is 2. The predicted octanol–water partition coefficient (Wildman–Crippen LogP) is 2.54. The Balaban J connectivity index is 1.37. The maximum Gasteiger partial charge on any atom is 0.419 e. The number of halogens is 4. The Morgan fingerprint density at radius 1 is 1.26 bits per heavy atom. The molecule has 15 heteroatoms. The molecular weight excluding hydrogens is 578 g/mol. The fraction of sp³-hybridized carbons (Fsp3) is 0.393. The molecule has 1 spiro atoms. The highest BCUT2D eigenvalue weighted by atomic mass is 19.4. The first kappa shape index (κ1) is 29.9. The Kier molecular flexibility index (Phi) is 7.62. The van der Waals surface area contributed by atoms with E-state index in [2.05, 4.69) is 25.7 Å². The molecule has 1 fully saturated rings. The van der Waals surface area contributed by atoms with Gasteiger partial charge >= 0.3 is 18.2 Å². The van der Waals surface area contributed by atoms with Gasteiger partial charge in [0.15, 0.2) is 24.5 Å². The van der Waals surface area contributed by atoms with Gasteiger partial charge < -0.3 is 20.1 Å². The number of carbonyl (C=O) groups is 4. The third-order valence-corrected chi connectivity index (χ3v) is 7.76. The molecular formula is C28H27F4N5O6. The van der Waals surface area contributed by atoms with Gasteiger partial charge in [0, 0.05) is 17.7 Å². The molecule has 11 nitrogen and oxygen atoms in total. The number of hydrogen-bond donors (Lipinski definition) is 3. The molecule has 1 saturated heterocycles. The zero-order valence-corrected chi connectivity index (χ0v) is 23.0. The molecule has 2 unspecified atom stereocenters. The van der Waals surface area contributed by atoms with E-state index in [0.29, 0.717) is 27.7 Å². The molecule has 2 amide bonds. The van der Waals surface area contributed by atoms with Crippen molar-refractivity contribution >= 4 is 35.9 Å². The molecule has 5 rings (SSSR count). The third-order valence-electron chi connectivity index (χ3n) is 7.76. The van der Waals surface area contributed by atoms with Gasteiger partial charge in [-0.25, -0.2) is 23.9 Å². The first-order valence-corrected chi connectivity index (χ1v) is 13.2. The summed E-state index contributed by atoms with van der Waals surface area (Å²) in [5.41, 5.74) is -2.98. The zero-order chi connectivity index (χ0) is 31.2. The molecule has 0 aromatic heterocycles. The van der Waals surface area contributed by atoms with Crippen molar-refractivity contribution in [2.75, 3.05) is 19.0 Å². The van der Waals surface area contributed by atoms with Crippen molar-refractivity contribution in [2.45, 2.75) is 55.7 Å². The highest BCUT2D eigenvalue weighted by molar-refractivity contribution is 6.06. The van der Waals surface area contributed by atoms with E-state index in [1.165, 1.54) is 19.2 Å². The van der Waals surface area contributed by atoms with E-state index in [1.54, 1.807) is 18.2 Å². The highest BCUT2D eigenvalue weighted by Crippen LogP contribution is 2.46. The van der Waals surface area contributed by atoms with Crippen LogP contribution in [0.4, 0.5) is 28.0 Å². The van der Waals surface area contributed by atoms with Crippen LogP contribution in [0.15, 0.2) is 47.5 Å². The summed E-state index contributed by atoms with van der Waals surface area (Å²) in [4.78, 5) is 55.1. The summed E-state index contributed by atoms with van der Waals surface area (Å²) in [5, 5.41) is 8.10. The number of nitrogens with zero attached hydrogens (tertiary/aromatic N) is 2. The van der Waals surface area contributed by atoms with Crippen molar-refractivity contribution in [1.29, 1.82) is 0 Å². The normalized spacial score (nSPS) is 23.3. The van der Waals surface area contributed by atoms with Gasteiger partial charge in [-0.05, 0) is 55.2 Å². The Hall–Kier alpha value is -4.53. The minimum atomic E-state index is -4.94. The van der Waals surface area contributed by atoms with Crippen LogP contribution in [0.25, 0.3) is 0 Å². The van der Waals surface area contributed by atoms with E-state index >= 15 is 0 Å². The number of nitrogens with one attached hydrogen (secondary N) is 3. The Morgan fingerprint density at radius 3 is 2.63 bits per heavy atom. The van der Waals surface area contributed by atoms with Crippen LogP contribution in [0, 0.1) is 5.82 Å². The number of carbonyl (C=O) groups excluding carboxylic acids is 4. The smallest absolute Gasteiger partial charge is 0.419 e. The maximum absolute atomic E-state index is 14.3. The zero-order valence-electron chi connectivity index (χ0n) is 23.0. The molecule has 2 aromatic carbocycles. The number of aryl methyl sites for hydroxylation is 1. The SMILES string of the molecule is COC(=O)C1CNC(Nc2ccc3c(c2)CC[C@@]32OC(=O)N(C(C=O)N[C@@](C)(Cc3ccc(F)cc3)C(F)(F)F)C2=O)=N1. The molecule has 2 heterocycles. The maximum atomic E-state index is 14.3. The number of guanidine groups is 1. The van der Waals surface area contributed by atoms with Crippen molar-refractivity contribution in [1.82, 2.24) is 15.5 Å². The molecule has 4 atom stereocenters. The molecule has 3 aliphatic rings. The number of esters is 1. The number of methoxy groups -OCH3 is 1. The summed E-state index contributed by atoms with van der Waals surface area (Å²) >= 11 is 0. The third kappa shape index (κ3) is 5.40. The Labute approximate surface area is 242 Å². The first-order valence-electron chi connectivity index (χ1n) is 13.2. The molecule has 43 heavy (non-hydrogen) atoms. The van der Waals surface area contributed by atoms with E-state index in [9.17, 15) is 36.7 Å². The second-order valence-electron chi connectivity index (χ2n) is 10.6. The second kappa shape index (κ2) is 10.9. The number of ether oxygens (including phenoxy) is 2. The van der Waals surface area contributed by atoms with E-state index in [4.69, 9.17) is 4.74 Å². The molecule has 2 aliphatic heterocycles.